The van der Waals surface area contributed by atoms with Gasteiger partial charge in [-0.05, 0) is 38.3 Å². The van der Waals surface area contributed by atoms with Crippen LogP contribution in [0.25, 0.3) is 0 Å². The number of hydrogen-bond acceptors (Lipinski definition) is 4. The smallest absolute Gasteiger partial charge is 0.239 e. The first kappa shape index (κ1) is 17.7. The largest absolute Gasteiger partial charge is 0.348 e. The molecule has 6 heteroatoms. The maximum Gasteiger partial charge on any atom is 0.239 e. The predicted molar refractivity (Wildman–Crippen MR) is 86.2 cm³/mol. The summed E-state index contributed by atoms with van der Waals surface area (Å²) >= 11 is 1.71. The maximum absolute atomic E-state index is 11.9. The minimum atomic E-state index is -0.586. The van der Waals surface area contributed by atoms with Crippen LogP contribution in [0.15, 0.2) is 6.07 Å². The number of nitrogens with one attached hydrogen (secondary N) is 2. The van der Waals surface area contributed by atoms with E-state index in [2.05, 4.69) is 16.7 Å². The first-order chi connectivity index (χ1) is 9.72. The summed E-state index contributed by atoms with van der Waals surface area (Å²) in [6.07, 6.45) is 0. The van der Waals surface area contributed by atoms with Gasteiger partial charge in [0.1, 0.15) is 0 Å². The number of thiophene rings is 1. The number of rotatable bonds is 6. The molecule has 1 aromatic rings. The lowest BCUT2D eigenvalue weighted by atomic mass is 10.1. The molecular weight excluding hydrogens is 286 g/mol. The Morgan fingerprint density at radius 1 is 1.29 bits per heavy atom. The molecule has 0 aliphatic carbocycles. The van der Waals surface area contributed by atoms with E-state index in [9.17, 15) is 9.59 Å². The number of hydrogen-bond donors (Lipinski definition) is 3. The number of nitrogens with two attached hydrogens (primary N) is 1. The van der Waals surface area contributed by atoms with Gasteiger partial charge >= 0.3 is 0 Å². The summed E-state index contributed by atoms with van der Waals surface area (Å²) < 4.78 is 0. The zero-order valence-electron chi connectivity index (χ0n) is 13.3. The van der Waals surface area contributed by atoms with Crippen LogP contribution >= 0.6 is 11.3 Å². The highest BCUT2D eigenvalue weighted by atomic mass is 32.1. The highest BCUT2D eigenvalue weighted by Crippen LogP contribution is 2.25. The van der Waals surface area contributed by atoms with Crippen molar-refractivity contribution in [3.05, 3.63) is 21.4 Å². The van der Waals surface area contributed by atoms with Crippen molar-refractivity contribution < 1.29 is 9.59 Å². The molecule has 1 heterocycles. The van der Waals surface area contributed by atoms with E-state index in [-0.39, 0.29) is 30.3 Å². The molecule has 1 unspecified atom stereocenters. The molecule has 0 aromatic carbocycles. The monoisotopic (exact) mass is 311 g/mol. The maximum atomic E-state index is 11.9. The lowest BCUT2D eigenvalue weighted by Gasteiger charge is -2.17. The van der Waals surface area contributed by atoms with Crippen LogP contribution < -0.4 is 16.4 Å². The molecule has 21 heavy (non-hydrogen) atoms. The average Bonchev–Trinajstić information content (AvgIpc) is 2.74. The number of carbonyl (C=O) groups is 2. The number of carbonyl (C=O) groups excluding carboxylic acids is 2. The number of aryl methyl sites for hydroxylation is 2. The second kappa shape index (κ2) is 7.56. The highest BCUT2D eigenvalue weighted by Gasteiger charge is 2.18. The van der Waals surface area contributed by atoms with Crippen LogP contribution in [0.3, 0.4) is 0 Å². The first-order valence-corrected chi connectivity index (χ1v) is 7.93. The second-order valence-electron chi connectivity index (χ2n) is 5.65. The summed E-state index contributed by atoms with van der Waals surface area (Å²) in [7, 11) is 0. The normalized spacial score (nSPS) is 13.9. The van der Waals surface area contributed by atoms with Gasteiger partial charge in [0.2, 0.25) is 11.8 Å². The van der Waals surface area contributed by atoms with Crippen molar-refractivity contribution in [2.75, 3.05) is 6.54 Å². The van der Waals surface area contributed by atoms with Crippen LogP contribution in [-0.2, 0) is 9.59 Å². The molecule has 2 amide bonds. The zero-order valence-corrected chi connectivity index (χ0v) is 14.1. The molecule has 0 saturated carbocycles. The number of amides is 2. The molecule has 0 spiro atoms. The summed E-state index contributed by atoms with van der Waals surface area (Å²) in [4.78, 5) is 26.0. The average molecular weight is 311 g/mol. The molecule has 2 atom stereocenters. The zero-order chi connectivity index (χ0) is 16.2. The Morgan fingerprint density at radius 3 is 2.38 bits per heavy atom. The second-order valence-corrected chi connectivity index (χ2v) is 7.11. The van der Waals surface area contributed by atoms with Gasteiger partial charge < -0.3 is 16.4 Å². The fourth-order valence-corrected chi connectivity index (χ4v) is 3.06. The molecule has 0 saturated heterocycles. The first-order valence-electron chi connectivity index (χ1n) is 7.12. The summed E-state index contributed by atoms with van der Waals surface area (Å²) in [5, 5.41) is 5.45. The van der Waals surface area contributed by atoms with Gasteiger partial charge in [0, 0.05) is 9.75 Å². The summed E-state index contributed by atoms with van der Waals surface area (Å²) in [6.45, 7) is 9.71. The van der Waals surface area contributed by atoms with Gasteiger partial charge in [0.15, 0.2) is 0 Å². The fourth-order valence-electron chi connectivity index (χ4n) is 2.04. The summed E-state index contributed by atoms with van der Waals surface area (Å²) in [5.74, 6) is -0.464. The highest BCUT2D eigenvalue weighted by molar-refractivity contribution is 7.12. The van der Waals surface area contributed by atoms with Crippen molar-refractivity contribution in [3.63, 3.8) is 0 Å². The van der Waals surface area contributed by atoms with E-state index in [0.717, 1.165) is 5.56 Å². The Balaban J connectivity index is 2.47. The Bertz CT molecular complexity index is 511. The van der Waals surface area contributed by atoms with Gasteiger partial charge in [-0.2, -0.15) is 0 Å². The topological polar surface area (TPSA) is 84.2 Å². The molecule has 0 radical (unpaired) electrons. The quantitative estimate of drug-likeness (QED) is 0.747. The van der Waals surface area contributed by atoms with Crippen molar-refractivity contribution >= 4 is 23.2 Å². The Morgan fingerprint density at radius 2 is 1.90 bits per heavy atom. The van der Waals surface area contributed by atoms with Crippen LogP contribution in [0.5, 0.6) is 0 Å². The molecule has 0 aliphatic rings. The van der Waals surface area contributed by atoms with E-state index in [1.54, 1.807) is 11.3 Å². The van der Waals surface area contributed by atoms with Crippen LogP contribution in [0, 0.1) is 19.8 Å². The van der Waals surface area contributed by atoms with Gasteiger partial charge in [-0.1, -0.05) is 13.8 Å². The van der Waals surface area contributed by atoms with Gasteiger partial charge in [-0.15, -0.1) is 11.3 Å². The minimum Gasteiger partial charge on any atom is -0.348 e. The van der Waals surface area contributed by atoms with Gasteiger partial charge in [0.25, 0.3) is 0 Å². The van der Waals surface area contributed by atoms with Crippen molar-refractivity contribution in [1.29, 1.82) is 0 Å². The van der Waals surface area contributed by atoms with E-state index in [1.807, 2.05) is 34.6 Å². The van der Waals surface area contributed by atoms with Crippen LogP contribution in [-0.4, -0.2) is 24.4 Å². The van der Waals surface area contributed by atoms with E-state index >= 15 is 0 Å². The van der Waals surface area contributed by atoms with Crippen molar-refractivity contribution in [2.45, 2.75) is 46.7 Å². The standard InChI is InChI=1S/C15H25N3O2S/c1-8(2)14(16)15(20)17-7-13(19)18-10(4)12-6-9(3)21-11(12)5/h6,8,10,14H,7,16H2,1-5H3,(H,17,20)(H,18,19)/t10?,14-/m0/s1. The SMILES string of the molecule is Cc1cc(C(C)NC(=O)CNC(=O)[C@@H](N)C(C)C)c(C)s1. The Kier molecular flexibility index (Phi) is 6.36. The minimum absolute atomic E-state index is 0.0448. The van der Waals surface area contributed by atoms with Gasteiger partial charge in [-0.25, -0.2) is 0 Å². The summed E-state index contributed by atoms with van der Waals surface area (Å²) in [6, 6.07) is 1.42. The molecule has 5 nitrogen and oxygen atoms in total. The third-order valence-electron chi connectivity index (χ3n) is 3.37. The Hall–Kier alpha value is -1.40. The Labute approximate surface area is 130 Å². The van der Waals surface area contributed by atoms with Gasteiger partial charge in [0.05, 0.1) is 18.6 Å². The molecule has 0 bridgehead atoms. The van der Waals surface area contributed by atoms with E-state index in [4.69, 9.17) is 5.73 Å². The van der Waals surface area contributed by atoms with Crippen molar-refractivity contribution in [3.8, 4) is 0 Å². The van der Waals surface area contributed by atoms with E-state index < -0.39 is 6.04 Å². The lowest BCUT2D eigenvalue weighted by Crippen LogP contribution is -2.47. The van der Waals surface area contributed by atoms with E-state index in [0.29, 0.717) is 0 Å². The molecule has 1 aromatic heterocycles. The molecule has 0 aliphatic heterocycles. The lowest BCUT2D eigenvalue weighted by molar-refractivity contribution is -0.127. The molecular formula is C15H25N3O2S. The molecule has 1 rings (SSSR count). The third-order valence-corrected chi connectivity index (χ3v) is 4.35. The molecule has 4 N–H and O–H groups in total. The molecule has 118 valence electrons. The van der Waals surface area contributed by atoms with Crippen molar-refractivity contribution in [2.24, 2.45) is 11.7 Å². The predicted octanol–water partition coefficient (Wildman–Crippen LogP) is 1.64. The summed E-state index contributed by atoms with van der Waals surface area (Å²) in [5.41, 5.74) is 6.84. The van der Waals surface area contributed by atoms with Crippen LogP contribution in [0.2, 0.25) is 0 Å². The molecule has 0 fully saturated rings. The fraction of sp³-hybridized carbons (Fsp3) is 0.600. The van der Waals surface area contributed by atoms with Crippen LogP contribution in [0.4, 0.5) is 0 Å². The third kappa shape index (κ3) is 5.13. The van der Waals surface area contributed by atoms with E-state index in [1.165, 1.54) is 9.75 Å². The van der Waals surface area contributed by atoms with Gasteiger partial charge in [-0.3, -0.25) is 9.59 Å². The van der Waals surface area contributed by atoms with Crippen molar-refractivity contribution in [1.82, 2.24) is 10.6 Å². The van der Waals surface area contributed by atoms with Crippen LogP contribution in [0.1, 0.15) is 42.1 Å².